The first-order valence-corrected chi connectivity index (χ1v) is 6.38. The molecule has 0 N–H and O–H groups in total. The highest BCUT2D eigenvalue weighted by atomic mass is 16.7. The van der Waals surface area contributed by atoms with Crippen molar-refractivity contribution in [1.82, 2.24) is 4.90 Å². The van der Waals surface area contributed by atoms with E-state index >= 15 is 0 Å². The zero-order chi connectivity index (χ0) is 13.3. The number of nitrogens with zero attached hydrogens (tertiary/aromatic N) is 2. The van der Waals surface area contributed by atoms with Gasteiger partial charge in [-0.15, -0.1) is 0 Å². The van der Waals surface area contributed by atoms with Crippen LogP contribution < -0.4 is 9.47 Å². The van der Waals surface area contributed by atoms with Crippen LogP contribution in [0.4, 0.5) is 0 Å². The second kappa shape index (κ2) is 4.72. The van der Waals surface area contributed by atoms with Crippen molar-refractivity contribution in [3.8, 4) is 17.6 Å². The summed E-state index contributed by atoms with van der Waals surface area (Å²) in [7, 11) is 0. The zero-order valence-electron chi connectivity index (χ0n) is 10.9. The highest BCUT2D eigenvalue weighted by Crippen LogP contribution is 2.37. The van der Waals surface area contributed by atoms with Crippen LogP contribution in [0, 0.1) is 11.3 Å². The van der Waals surface area contributed by atoms with Crippen LogP contribution in [0.2, 0.25) is 0 Å². The zero-order valence-corrected chi connectivity index (χ0v) is 10.9. The number of rotatable bonds is 2. The van der Waals surface area contributed by atoms with Gasteiger partial charge in [0.1, 0.15) is 5.54 Å². The van der Waals surface area contributed by atoms with E-state index in [1.54, 1.807) is 0 Å². The molecule has 100 valence electrons. The van der Waals surface area contributed by atoms with Crippen molar-refractivity contribution in [1.29, 1.82) is 5.26 Å². The minimum Gasteiger partial charge on any atom is -0.454 e. The first kappa shape index (κ1) is 12.3. The molecule has 0 aromatic heterocycles. The minimum atomic E-state index is -0.662. The summed E-state index contributed by atoms with van der Waals surface area (Å²) in [5.41, 5.74) is 0.270. The van der Waals surface area contributed by atoms with E-state index in [1.807, 2.05) is 25.1 Å². The Labute approximate surface area is 112 Å². The molecule has 1 aromatic rings. The van der Waals surface area contributed by atoms with Gasteiger partial charge in [0.15, 0.2) is 11.5 Å². The van der Waals surface area contributed by atoms with Gasteiger partial charge in [-0.25, -0.2) is 0 Å². The highest BCUT2D eigenvalue weighted by molar-refractivity contribution is 5.47. The minimum absolute atomic E-state index is 0.250. The molecular formula is C14H16N2O3. The molecular weight excluding hydrogens is 244 g/mol. The fourth-order valence-corrected chi connectivity index (χ4v) is 2.53. The third kappa shape index (κ3) is 2.03. The summed E-state index contributed by atoms with van der Waals surface area (Å²) in [6.07, 6.45) is 0. The summed E-state index contributed by atoms with van der Waals surface area (Å²) in [5, 5.41) is 9.63. The first-order chi connectivity index (χ1) is 9.24. The third-order valence-electron chi connectivity index (χ3n) is 3.80. The maximum Gasteiger partial charge on any atom is 0.231 e. The molecule has 5 nitrogen and oxygen atoms in total. The van der Waals surface area contributed by atoms with Crippen LogP contribution in [0.1, 0.15) is 12.5 Å². The summed E-state index contributed by atoms with van der Waals surface area (Å²) in [6.45, 7) is 5.05. The lowest BCUT2D eigenvalue weighted by atomic mass is 9.91. The molecule has 0 amide bonds. The number of nitriles is 1. The summed E-state index contributed by atoms with van der Waals surface area (Å²) >= 11 is 0. The van der Waals surface area contributed by atoms with Gasteiger partial charge in [-0.05, 0) is 24.6 Å². The average molecular weight is 260 g/mol. The van der Waals surface area contributed by atoms with E-state index in [0.29, 0.717) is 19.0 Å². The Morgan fingerprint density at radius 1 is 1.21 bits per heavy atom. The monoisotopic (exact) mass is 260 g/mol. The molecule has 1 saturated heterocycles. The Balaban J connectivity index is 1.95. The second-order valence-corrected chi connectivity index (χ2v) is 4.85. The Morgan fingerprint density at radius 3 is 2.68 bits per heavy atom. The van der Waals surface area contributed by atoms with Gasteiger partial charge in [0, 0.05) is 13.1 Å². The van der Waals surface area contributed by atoms with Crippen molar-refractivity contribution >= 4 is 0 Å². The van der Waals surface area contributed by atoms with Gasteiger partial charge >= 0.3 is 0 Å². The fourth-order valence-electron chi connectivity index (χ4n) is 2.53. The van der Waals surface area contributed by atoms with Crippen molar-refractivity contribution in [3.05, 3.63) is 23.8 Å². The fraction of sp³-hybridized carbons (Fsp3) is 0.500. The Hall–Kier alpha value is -1.77. The second-order valence-electron chi connectivity index (χ2n) is 4.85. The topological polar surface area (TPSA) is 54.7 Å². The van der Waals surface area contributed by atoms with E-state index in [0.717, 1.165) is 24.4 Å². The Morgan fingerprint density at radius 2 is 1.95 bits per heavy atom. The molecule has 2 aliphatic heterocycles. The first-order valence-electron chi connectivity index (χ1n) is 6.38. The molecule has 1 fully saturated rings. The molecule has 3 rings (SSSR count). The van der Waals surface area contributed by atoms with Crippen molar-refractivity contribution in [2.75, 3.05) is 33.1 Å². The predicted molar refractivity (Wildman–Crippen MR) is 67.9 cm³/mol. The van der Waals surface area contributed by atoms with Gasteiger partial charge in [0.2, 0.25) is 6.79 Å². The van der Waals surface area contributed by atoms with Gasteiger partial charge in [-0.1, -0.05) is 6.07 Å². The van der Waals surface area contributed by atoms with E-state index < -0.39 is 5.54 Å². The number of hydrogen-bond acceptors (Lipinski definition) is 5. The van der Waals surface area contributed by atoms with Gasteiger partial charge in [-0.3, -0.25) is 4.90 Å². The third-order valence-corrected chi connectivity index (χ3v) is 3.80. The van der Waals surface area contributed by atoms with Crippen molar-refractivity contribution in [2.24, 2.45) is 0 Å². The van der Waals surface area contributed by atoms with E-state index in [4.69, 9.17) is 14.2 Å². The number of benzene rings is 1. The molecule has 0 radical (unpaired) electrons. The van der Waals surface area contributed by atoms with Crippen LogP contribution in [0.5, 0.6) is 11.5 Å². The lowest BCUT2D eigenvalue weighted by molar-refractivity contribution is 0.000403. The van der Waals surface area contributed by atoms with Crippen molar-refractivity contribution in [3.63, 3.8) is 0 Å². The lowest BCUT2D eigenvalue weighted by Crippen LogP contribution is -2.48. The molecule has 2 aliphatic rings. The lowest BCUT2D eigenvalue weighted by Gasteiger charge is -2.38. The van der Waals surface area contributed by atoms with Gasteiger partial charge in [0.25, 0.3) is 0 Å². The molecule has 0 saturated carbocycles. The molecule has 1 aromatic carbocycles. The normalized spacial score (nSPS) is 21.7. The van der Waals surface area contributed by atoms with Crippen LogP contribution in [0.15, 0.2) is 18.2 Å². The van der Waals surface area contributed by atoms with Crippen molar-refractivity contribution < 1.29 is 14.2 Å². The number of ether oxygens (including phenoxy) is 3. The summed E-state index contributed by atoms with van der Waals surface area (Å²) in [5.74, 6) is 1.46. The standard InChI is InChI=1S/C14H16N2O3/c1-14(9-15,16-4-6-17-7-5-16)11-2-3-12-13(8-11)19-10-18-12/h2-3,8H,4-7,10H2,1H3. The quantitative estimate of drug-likeness (QED) is 0.806. The summed E-state index contributed by atoms with van der Waals surface area (Å²) in [6, 6.07) is 8.14. The van der Waals surface area contributed by atoms with Crippen molar-refractivity contribution in [2.45, 2.75) is 12.5 Å². The molecule has 0 bridgehead atoms. The van der Waals surface area contributed by atoms with Crippen LogP contribution in [0.25, 0.3) is 0 Å². The van der Waals surface area contributed by atoms with Gasteiger partial charge in [-0.2, -0.15) is 5.26 Å². The average Bonchev–Trinajstić information content (AvgIpc) is 2.94. The maximum absolute atomic E-state index is 9.63. The molecule has 2 heterocycles. The van der Waals surface area contributed by atoms with E-state index in [1.165, 1.54) is 0 Å². The SMILES string of the molecule is CC(C#N)(c1ccc2c(c1)OCO2)N1CCOCC1. The van der Waals surface area contributed by atoms with E-state index in [2.05, 4.69) is 11.0 Å². The van der Waals surface area contributed by atoms with E-state index in [9.17, 15) is 5.26 Å². The molecule has 0 spiro atoms. The Kier molecular flexibility index (Phi) is 3.05. The van der Waals surface area contributed by atoms with E-state index in [-0.39, 0.29) is 6.79 Å². The summed E-state index contributed by atoms with van der Waals surface area (Å²) < 4.78 is 16.1. The highest BCUT2D eigenvalue weighted by Gasteiger charge is 2.36. The smallest absolute Gasteiger partial charge is 0.231 e. The number of fused-ring (bicyclic) bond motifs is 1. The maximum atomic E-state index is 9.63. The number of morpholine rings is 1. The molecule has 5 heteroatoms. The largest absolute Gasteiger partial charge is 0.454 e. The number of hydrogen-bond donors (Lipinski definition) is 0. The molecule has 0 aliphatic carbocycles. The summed E-state index contributed by atoms with van der Waals surface area (Å²) in [4.78, 5) is 2.15. The van der Waals surface area contributed by atoms with Crippen LogP contribution in [-0.4, -0.2) is 38.0 Å². The molecule has 1 unspecified atom stereocenters. The van der Waals surface area contributed by atoms with Gasteiger partial charge < -0.3 is 14.2 Å². The van der Waals surface area contributed by atoms with Gasteiger partial charge in [0.05, 0.1) is 19.3 Å². The predicted octanol–water partition coefficient (Wildman–Crippen LogP) is 1.49. The Bertz CT molecular complexity index is 520. The van der Waals surface area contributed by atoms with Crippen LogP contribution >= 0.6 is 0 Å². The molecule has 1 atom stereocenters. The van der Waals surface area contributed by atoms with Crippen LogP contribution in [0.3, 0.4) is 0 Å². The molecule has 19 heavy (non-hydrogen) atoms. The van der Waals surface area contributed by atoms with Crippen LogP contribution in [-0.2, 0) is 10.3 Å².